The first-order valence-electron chi connectivity index (χ1n) is 7.61. The van der Waals surface area contributed by atoms with Crippen molar-refractivity contribution in [3.8, 4) is 11.1 Å². The van der Waals surface area contributed by atoms with Crippen molar-refractivity contribution in [2.45, 2.75) is 26.2 Å². The highest BCUT2D eigenvalue weighted by molar-refractivity contribution is 5.95. The van der Waals surface area contributed by atoms with Gasteiger partial charge in [-0.05, 0) is 34.2 Å². The normalized spacial score (nSPS) is 11.3. The average Bonchev–Trinajstić information content (AvgIpc) is 2.52. The molecule has 116 valence electrons. The first kappa shape index (κ1) is 16.2. The fourth-order valence-corrected chi connectivity index (χ4v) is 2.29. The number of carbonyl (C=O) groups excluding carboxylic acids is 1. The summed E-state index contributed by atoms with van der Waals surface area (Å²) in [6.45, 7) is 7.53. The summed E-state index contributed by atoms with van der Waals surface area (Å²) in [7, 11) is 0. The lowest BCUT2D eigenvalue weighted by atomic mass is 9.86. The van der Waals surface area contributed by atoms with Crippen molar-refractivity contribution in [2.24, 2.45) is 5.73 Å². The second-order valence-electron chi connectivity index (χ2n) is 6.45. The Morgan fingerprint density at radius 3 is 2.32 bits per heavy atom. The van der Waals surface area contributed by atoms with Gasteiger partial charge in [0.1, 0.15) is 0 Å². The lowest BCUT2D eigenvalue weighted by Crippen LogP contribution is -2.28. The average molecular weight is 296 g/mol. The fraction of sp³-hybridized carbons (Fsp3) is 0.316. The zero-order valence-electron chi connectivity index (χ0n) is 13.5. The van der Waals surface area contributed by atoms with Gasteiger partial charge in [0.15, 0.2) is 0 Å². The maximum Gasteiger partial charge on any atom is 0.251 e. The number of nitrogens with two attached hydrogens (primary N) is 1. The van der Waals surface area contributed by atoms with Gasteiger partial charge in [-0.15, -0.1) is 0 Å². The Labute approximate surface area is 132 Å². The number of hydrogen-bond donors (Lipinski definition) is 2. The monoisotopic (exact) mass is 296 g/mol. The minimum absolute atomic E-state index is 0.0846. The summed E-state index contributed by atoms with van der Waals surface area (Å²) in [5.74, 6) is -0.0846. The van der Waals surface area contributed by atoms with Gasteiger partial charge in [0.2, 0.25) is 0 Å². The lowest BCUT2D eigenvalue weighted by molar-refractivity contribution is 0.0955. The van der Waals surface area contributed by atoms with Gasteiger partial charge in [-0.2, -0.15) is 0 Å². The van der Waals surface area contributed by atoms with E-state index >= 15 is 0 Å². The first-order valence-corrected chi connectivity index (χ1v) is 7.61. The maximum absolute atomic E-state index is 12.0. The Morgan fingerprint density at radius 2 is 1.73 bits per heavy atom. The van der Waals surface area contributed by atoms with Crippen LogP contribution in [-0.2, 0) is 5.41 Å². The van der Waals surface area contributed by atoms with Crippen LogP contribution in [0.15, 0.2) is 48.5 Å². The van der Waals surface area contributed by atoms with Gasteiger partial charge >= 0.3 is 0 Å². The van der Waals surface area contributed by atoms with Crippen LogP contribution in [-0.4, -0.2) is 19.0 Å². The summed E-state index contributed by atoms with van der Waals surface area (Å²) in [6, 6.07) is 16.2. The van der Waals surface area contributed by atoms with Gasteiger partial charge in [0.05, 0.1) is 0 Å². The second kappa shape index (κ2) is 6.75. The van der Waals surface area contributed by atoms with E-state index in [4.69, 9.17) is 5.73 Å². The van der Waals surface area contributed by atoms with E-state index in [0.717, 1.165) is 11.1 Å². The fourth-order valence-electron chi connectivity index (χ4n) is 2.29. The molecule has 3 heteroatoms. The molecular weight excluding hydrogens is 272 g/mol. The molecule has 0 bridgehead atoms. The summed E-state index contributed by atoms with van der Waals surface area (Å²) in [5, 5.41) is 2.79. The summed E-state index contributed by atoms with van der Waals surface area (Å²) < 4.78 is 0. The van der Waals surface area contributed by atoms with Gasteiger partial charge in [0.25, 0.3) is 5.91 Å². The van der Waals surface area contributed by atoms with Crippen LogP contribution in [0.3, 0.4) is 0 Å². The standard InChI is InChI=1S/C19H24N2O/c1-19(2,3)17-9-7-14(8-10-17)15-5-4-6-16(13-15)18(22)21-12-11-20/h4-10,13H,11-12,20H2,1-3H3,(H,21,22). The highest BCUT2D eigenvalue weighted by atomic mass is 16.1. The molecule has 0 spiro atoms. The van der Waals surface area contributed by atoms with E-state index < -0.39 is 0 Å². The van der Waals surface area contributed by atoms with Crippen molar-refractivity contribution in [1.82, 2.24) is 5.32 Å². The van der Waals surface area contributed by atoms with E-state index in [-0.39, 0.29) is 11.3 Å². The van der Waals surface area contributed by atoms with Crippen molar-refractivity contribution >= 4 is 5.91 Å². The number of nitrogens with one attached hydrogen (secondary N) is 1. The van der Waals surface area contributed by atoms with Crippen LogP contribution in [0.4, 0.5) is 0 Å². The molecule has 1 amide bonds. The van der Waals surface area contributed by atoms with E-state index in [9.17, 15) is 4.79 Å². The quantitative estimate of drug-likeness (QED) is 0.909. The van der Waals surface area contributed by atoms with Crippen LogP contribution in [0.5, 0.6) is 0 Å². The number of benzene rings is 2. The molecule has 0 aliphatic rings. The molecule has 0 heterocycles. The van der Waals surface area contributed by atoms with E-state index in [1.807, 2.05) is 24.3 Å². The Hall–Kier alpha value is -2.13. The van der Waals surface area contributed by atoms with Crippen molar-refractivity contribution in [3.05, 3.63) is 59.7 Å². The molecule has 0 aliphatic heterocycles. The molecule has 0 aromatic heterocycles. The van der Waals surface area contributed by atoms with Crippen molar-refractivity contribution in [1.29, 1.82) is 0 Å². The number of rotatable bonds is 4. The summed E-state index contributed by atoms with van der Waals surface area (Å²) in [4.78, 5) is 12.0. The van der Waals surface area contributed by atoms with Crippen LogP contribution in [0.1, 0.15) is 36.7 Å². The van der Waals surface area contributed by atoms with Gasteiger partial charge < -0.3 is 11.1 Å². The predicted molar refractivity (Wildman–Crippen MR) is 92.0 cm³/mol. The molecule has 0 unspecified atom stereocenters. The van der Waals surface area contributed by atoms with Gasteiger partial charge in [-0.1, -0.05) is 57.2 Å². The third-order valence-electron chi connectivity index (χ3n) is 3.64. The van der Waals surface area contributed by atoms with Gasteiger partial charge in [-0.3, -0.25) is 4.79 Å². The van der Waals surface area contributed by atoms with E-state index in [1.165, 1.54) is 5.56 Å². The summed E-state index contributed by atoms with van der Waals surface area (Å²) >= 11 is 0. The molecule has 2 aromatic carbocycles. The SMILES string of the molecule is CC(C)(C)c1ccc(-c2cccc(C(=O)NCCN)c2)cc1. The van der Waals surface area contributed by atoms with Crippen molar-refractivity contribution < 1.29 is 4.79 Å². The maximum atomic E-state index is 12.0. The van der Waals surface area contributed by atoms with E-state index in [1.54, 1.807) is 0 Å². The highest BCUT2D eigenvalue weighted by Gasteiger charge is 2.13. The van der Waals surface area contributed by atoms with E-state index in [2.05, 4.69) is 50.4 Å². The van der Waals surface area contributed by atoms with E-state index in [0.29, 0.717) is 18.7 Å². The number of amides is 1. The van der Waals surface area contributed by atoms with Crippen LogP contribution in [0.25, 0.3) is 11.1 Å². The second-order valence-corrected chi connectivity index (χ2v) is 6.45. The number of hydrogen-bond acceptors (Lipinski definition) is 2. The summed E-state index contributed by atoms with van der Waals surface area (Å²) in [5.41, 5.74) is 9.66. The Bertz CT molecular complexity index is 639. The van der Waals surface area contributed by atoms with Crippen LogP contribution >= 0.6 is 0 Å². The Kier molecular flexibility index (Phi) is 4.99. The molecule has 0 atom stereocenters. The third kappa shape index (κ3) is 3.95. The molecule has 0 saturated carbocycles. The minimum Gasteiger partial charge on any atom is -0.351 e. The summed E-state index contributed by atoms with van der Waals surface area (Å²) in [6.07, 6.45) is 0. The molecule has 2 aromatic rings. The first-order chi connectivity index (χ1) is 10.4. The molecule has 0 radical (unpaired) electrons. The molecular formula is C19H24N2O. The zero-order valence-corrected chi connectivity index (χ0v) is 13.5. The molecule has 0 saturated heterocycles. The van der Waals surface area contributed by atoms with Gasteiger partial charge in [0, 0.05) is 18.7 Å². The lowest BCUT2D eigenvalue weighted by Gasteiger charge is -2.19. The van der Waals surface area contributed by atoms with Crippen LogP contribution in [0, 0.1) is 0 Å². The minimum atomic E-state index is -0.0846. The Balaban J connectivity index is 2.24. The highest BCUT2D eigenvalue weighted by Crippen LogP contribution is 2.26. The largest absolute Gasteiger partial charge is 0.351 e. The van der Waals surface area contributed by atoms with Crippen LogP contribution < -0.4 is 11.1 Å². The molecule has 22 heavy (non-hydrogen) atoms. The van der Waals surface area contributed by atoms with Crippen molar-refractivity contribution in [2.75, 3.05) is 13.1 Å². The smallest absolute Gasteiger partial charge is 0.251 e. The molecule has 3 nitrogen and oxygen atoms in total. The molecule has 0 fully saturated rings. The zero-order chi connectivity index (χ0) is 16.2. The predicted octanol–water partition coefficient (Wildman–Crippen LogP) is 3.34. The molecule has 3 N–H and O–H groups in total. The topological polar surface area (TPSA) is 55.1 Å². The van der Waals surface area contributed by atoms with Crippen LogP contribution in [0.2, 0.25) is 0 Å². The van der Waals surface area contributed by atoms with Crippen molar-refractivity contribution in [3.63, 3.8) is 0 Å². The third-order valence-corrected chi connectivity index (χ3v) is 3.64. The molecule has 0 aliphatic carbocycles. The molecule has 2 rings (SSSR count). The van der Waals surface area contributed by atoms with Gasteiger partial charge in [-0.25, -0.2) is 0 Å². The number of carbonyl (C=O) groups is 1. The Morgan fingerprint density at radius 1 is 1.05 bits per heavy atom.